The standard InChI is InChI=1S/C19H34N4O5/c1-5-20-18(27)22-17(26)15(19(2,3)4)21-16(25)14(11-23(28)12-24)10-13-8-6-7-9-13/h12-15,28H,5-11H2,1-4H3,(H,21,25)(H2,20,22,26,27)/t14-,15-/m1/s1. The van der Waals surface area contributed by atoms with Crippen LogP contribution in [0.2, 0.25) is 0 Å². The summed E-state index contributed by atoms with van der Waals surface area (Å²) in [5, 5.41) is 17.5. The number of amides is 5. The van der Waals surface area contributed by atoms with Crippen molar-refractivity contribution < 1.29 is 24.4 Å². The molecule has 0 bridgehead atoms. The molecule has 28 heavy (non-hydrogen) atoms. The first-order valence-corrected chi connectivity index (χ1v) is 9.88. The molecule has 0 unspecified atom stereocenters. The van der Waals surface area contributed by atoms with Crippen molar-refractivity contribution in [2.24, 2.45) is 17.3 Å². The molecule has 0 aromatic heterocycles. The van der Waals surface area contributed by atoms with Gasteiger partial charge >= 0.3 is 6.03 Å². The predicted octanol–water partition coefficient (Wildman–Crippen LogP) is 1.41. The van der Waals surface area contributed by atoms with E-state index in [9.17, 15) is 24.4 Å². The first-order valence-electron chi connectivity index (χ1n) is 9.88. The van der Waals surface area contributed by atoms with Crippen LogP contribution >= 0.6 is 0 Å². The maximum Gasteiger partial charge on any atom is 0.321 e. The third kappa shape index (κ3) is 7.84. The second-order valence-electron chi connectivity index (χ2n) is 8.47. The molecule has 5 amide bonds. The van der Waals surface area contributed by atoms with Crippen LogP contribution in [0.3, 0.4) is 0 Å². The molecule has 2 atom stereocenters. The van der Waals surface area contributed by atoms with E-state index in [1.165, 1.54) is 0 Å². The number of carbonyl (C=O) groups is 4. The number of hydrogen-bond donors (Lipinski definition) is 4. The number of rotatable bonds is 9. The highest BCUT2D eigenvalue weighted by Gasteiger charge is 2.36. The average Bonchev–Trinajstić information content (AvgIpc) is 3.10. The maximum absolute atomic E-state index is 12.9. The van der Waals surface area contributed by atoms with E-state index in [4.69, 9.17) is 0 Å². The molecular formula is C19H34N4O5. The lowest BCUT2D eigenvalue weighted by Gasteiger charge is -2.32. The van der Waals surface area contributed by atoms with Gasteiger partial charge in [0.25, 0.3) is 5.91 Å². The Labute approximate surface area is 166 Å². The van der Waals surface area contributed by atoms with Gasteiger partial charge in [-0.3, -0.25) is 24.9 Å². The van der Waals surface area contributed by atoms with E-state index in [1.54, 1.807) is 27.7 Å². The monoisotopic (exact) mass is 398 g/mol. The van der Waals surface area contributed by atoms with Crippen molar-refractivity contribution >= 4 is 24.3 Å². The summed E-state index contributed by atoms with van der Waals surface area (Å²) in [6.07, 6.45) is 5.03. The zero-order valence-corrected chi connectivity index (χ0v) is 17.3. The Kier molecular flexibility index (Phi) is 9.37. The number of carbonyl (C=O) groups excluding carboxylic acids is 4. The number of nitrogens with zero attached hydrogens (tertiary/aromatic N) is 1. The number of imide groups is 1. The van der Waals surface area contributed by atoms with Crippen molar-refractivity contribution in [3.8, 4) is 0 Å². The van der Waals surface area contributed by atoms with Gasteiger partial charge in [0.1, 0.15) is 6.04 Å². The van der Waals surface area contributed by atoms with E-state index in [0.29, 0.717) is 23.9 Å². The van der Waals surface area contributed by atoms with Gasteiger partial charge in [0, 0.05) is 6.54 Å². The molecule has 4 N–H and O–H groups in total. The number of hydroxylamine groups is 2. The Balaban J connectivity index is 2.88. The zero-order chi connectivity index (χ0) is 21.3. The van der Waals surface area contributed by atoms with Crippen LogP contribution in [0.1, 0.15) is 59.8 Å². The molecule has 160 valence electrons. The van der Waals surface area contributed by atoms with Gasteiger partial charge in [-0.2, -0.15) is 0 Å². The predicted molar refractivity (Wildman–Crippen MR) is 103 cm³/mol. The van der Waals surface area contributed by atoms with Gasteiger partial charge in [-0.05, 0) is 24.7 Å². The summed E-state index contributed by atoms with van der Waals surface area (Å²) in [6, 6.07) is -1.57. The van der Waals surface area contributed by atoms with E-state index in [0.717, 1.165) is 25.7 Å². The summed E-state index contributed by atoms with van der Waals surface area (Å²) in [4.78, 5) is 48.0. The molecule has 0 heterocycles. The van der Waals surface area contributed by atoms with Crippen molar-refractivity contribution in [2.45, 2.75) is 65.8 Å². The molecule has 0 saturated heterocycles. The molecule has 1 aliphatic rings. The van der Waals surface area contributed by atoms with Gasteiger partial charge in [0.05, 0.1) is 12.5 Å². The fourth-order valence-electron chi connectivity index (χ4n) is 3.51. The quantitative estimate of drug-likeness (QED) is 0.265. The Morgan fingerprint density at radius 3 is 2.29 bits per heavy atom. The van der Waals surface area contributed by atoms with Crippen molar-refractivity contribution in [1.82, 2.24) is 21.0 Å². The van der Waals surface area contributed by atoms with Crippen LogP contribution in [0.5, 0.6) is 0 Å². The molecule has 0 aromatic carbocycles. The van der Waals surface area contributed by atoms with Crippen LogP contribution in [0.25, 0.3) is 0 Å². The van der Waals surface area contributed by atoms with Crippen molar-refractivity contribution in [3.05, 3.63) is 0 Å². The van der Waals surface area contributed by atoms with Crippen LogP contribution in [-0.4, -0.2) is 53.7 Å². The minimum Gasteiger partial charge on any atom is -0.343 e. The Hall–Kier alpha value is -2.16. The molecule has 0 spiro atoms. The molecular weight excluding hydrogens is 364 g/mol. The number of urea groups is 1. The lowest BCUT2D eigenvalue weighted by Crippen LogP contribution is -2.57. The SMILES string of the molecule is CCNC(=O)NC(=O)[C@@H](NC(=O)[C@H](CC1CCCC1)CN(O)C=O)C(C)(C)C. The highest BCUT2D eigenvalue weighted by molar-refractivity contribution is 5.99. The van der Waals surface area contributed by atoms with E-state index in [1.807, 2.05) is 0 Å². The van der Waals surface area contributed by atoms with Crippen molar-refractivity contribution in [2.75, 3.05) is 13.1 Å². The fraction of sp³-hybridized carbons (Fsp3) is 0.789. The summed E-state index contributed by atoms with van der Waals surface area (Å²) in [7, 11) is 0. The molecule has 1 rings (SSSR count). The van der Waals surface area contributed by atoms with Gasteiger partial charge < -0.3 is 10.6 Å². The molecule has 9 heteroatoms. The zero-order valence-electron chi connectivity index (χ0n) is 17.3. The van der Waals surface area contributed by atoms with Crippen LogP contribution in [0.4, 0.5) is 4.79 Å². The topological polar surface area (TPSA) is 128 Å². The highest BCUT2D eigenvalue weighted by Crippen LogP contribution is 2.31. The maximum atomic E-state index is 12.9. The van der Waals surface area contributed by atoms with E-state index in [2.05, 4.69) is 16.0 Å². The Morgan fingerprint density at radius 1 is 1.18 bits per heavy atom. The molecule has 9 nitrogen and oxygen atoms in total. The van der Waals surface area contributed by atoms with Gasteiger partial charge in [0.15, 0.2) is 0 Å². The third-order valence-corrected chi connectivity index (χ3v) is 4.98. The largest absolute Gasteiger partial charge is 0.343 e. The van der Waals surface area contributed by atoms with Crippen LogP contribution < -0.4 is 16.0 Å². The molecule has 0 aromatic rings. The summed E-state index contributed by atoms with van der Waals surface area (Å²) in [5.41, 5.74) is -0.645. The van der Waals surface area contributed by atoms with E-state index in [-0.39, 0.29) is 13.0 Å². The summed E-state index contributed by atoms with van der Waals surface area (Å²) >= 11 is 0. The van der Waals surface area contributed by atoms with Crippen LogP contribution in [0, 0.1) is 17.3 Å². The minimum atomic E-state index is -0.947. The summed E-state index contributed by atoms with van der Waals surface area (Å²) in [5.74, 6) is -1.31. The molecule has 1 aliphatic carbocycles. The minimum absolute atomic E-state index is 0.138. The van der Waals surface area contributed by atoms with Gasteiger partial charge in [-0.1, -0.05) is 46.5 Å². The first-order chi connectivity index (χ1) is 13.1. The van der Waals surface area contributed by atoms with Gasteiger partial charge in [-0.25, -0.2) is 9.86 Å². The second-order valence-corrected chi connectivity index (χ2v) is 8.47. The highest BCUT2D eigenvalue weighted by atomic mass is 16.5. The molecule has 1 saturated carbocycles. The summed E-state index contributed by atoms with van der Waals surface area (Å²) < 4.78 is 0. The number of hydrogen-bond acceptors (Lipinski definition) is 5. The average molecular weight is 399 g/mol. The first kappa shape index (κ1) is 23.9. The Morgan fingerprint density at radius 2 is 1.79 bits per heavy atom. The fourth-order valence-corrected chi connectivity index (χ4v) is 3.51. The van der Waals surface area contributed by atoms with Crippen LogP contribution in [-0.2, 0) is 14.4 Å². The second kappa shape index (κ2) is 11.0. The van der Waals surface area contributed by atoms with Gasteiger partial charge in [-0.15, -0.1) is 0 Å². The smallest absolute Gasteiger partial charge is 0.321 e. The lowest BCUT2D eigenvalue weighted by molar-refractivity contribution is -0.155. The van der Waals surface area contributed by atoms with Crippen molar-refractivity contribution in [3.63, 3.8) is 0 Å². The number of nitrogens with one attached hydrogen (secondary N) is 3. The van der Waals surface area contributed by atoms with Gasteiger partial charge in [0.2, 0.25) is 12.3 Å². The molecule has 0 radical (unpaired) electrons. The summed E-state index contributed by atoms with van der Waals surface area (Å²) in [6.45, 7) is 7.31. The van der Waals surface area contributed by atoms with E-state index < -0.39 is 35.2 Å². The normalized spacial score (nSPS) is 16.8. The Bertz CT molecular complexity index is 555. The van der Waals surface area contributed by atoms with E-state index >= 15 is 0 Å². The molecule has 0 aliphatic heterocycles. The van der Waals surface area contributed by atoms with Crippen molar-refractivity contribution in [1.29, 1.82) is 0 Å². The third-order valence-electron chi connectivity index (χ3n) is 4.98. The molecule has 1 fully saturated rings. The van der Waals surface area contributed by atoms with Crippen LogP contribution in [0.15, 0.2) is 0 Å². The lowest BCUT2D eigenvalue weighted by atomic mass is 9.85.